The Kier molecular flexibility index (Phi) is 2.01. The van der Waals surface area contributed by atoms with Crippen LogP contribution in [-0.2, 0) is 4.79 Å². The molecule has 1 saturated heterocycles. The number of hydrogen-bond acceptors (Lipinski definition) is 2. The fourth-order valence-electron chi connectivity index (χ4n) is 1.12. The van der Waals surface area contributed by atoms with Crippen LogP contribution in [0.4, 0.5) is 0 Å². The minimum absolute atomic E-state index is 0.00935. The lowest BCUT2D eigenvalue weighted by molar-refractivity contribution is -0.126. The molecule has 0 bridgehead atoms. The highest BCUT2D eigenvalue weighted by molar-refractivity contribution is 5.84. The quantitative estimate of drug-likeness (QED) is 0.356. The van der Waals surface area contributed by atoms with Crippen molar-refractivity contribution in [1.82, 2.24) is 5.32 Å². The number of rotatable bonds is 2. The Morgan fingerprint density at radius 3 is 3.09 bits per heavy atom. The number of hydrogen-bond donors (Lipinski definition) is 1. The molecule has 0 radical (unpaired) electrons. The average molecular weight is 154 g/mol. The van der Waals surface area contributed by atoms with E-state index in [2.05, 4.69) is 15.3 Å². The van der Waals surface area contributed by atoms with E-state index in [4.69, 9.17) is 5.53 Å². The fraction of sp³-hybridized carbons (Fsp3) is 0.833. The molecule has 1 N–H and O–H groups in total. The highest BCUT2D eigenvalue weighted by Gasteiger charge is 2.36. The topological polar surface area (TPSA) is 77.9 Å². The summed E-state index contributed by atoms with van der Waals surface area (Å²) in [6.07, 6.45) is 0.755. The summed E-state index contributed by atoms with van der Waals surface area (Å²) in [7, 11) is 0. The first-order valence-electron chi connectivity index (χ1n) is 3.48. The molecule has 5 heteroatoms. The third-order valence-corrected chi connectivity index (χ3v) is 1.99. The second kappa shape index (κ2) is 2.80. The summed E-state index contributed by atoms with van der Waals surface area (Å²) in [5.41, 5.74) is 7.59. The van der Waals surface area contributed by atoms with Crippen LogP contribution >= 0.6 is 0 Å². The Labute approximate surface area is 64.4 Å². The number of nitrogens with one attached hydrogen (secondary N) is 1. The van der Waals surface area contributed by atoms with Crippen LogP contribution in [0.2, 0.25) is 0 Å². The zero-order valence-electron chi connectivity index (χ0n) is 6.37. The Balaban J connectivity index is 2.65. The normalized spacial score (nSPS) is 29.4. The van der Waals surface area contributed by atoms with Gasteiger partial charge in [0.15, 0.2) is 0 Å². The van der Waals surface area contributed by atoms with Gasteiger partial charge in [-0.1, -0.05) is 12.0 Å². The molecule has 0 aliphatic carbocycles. The highest BCUT2D eigenvalue weighted by atomic mass is 16.2. The van der Waals surface area contributed by atoms with Gasteiger partial charge in [-0.15, -0.1) is 0 Å². The third-order valence-electron chi connectivity index (χ3n) is 1.99. The summed E-state index contributed by atoms with van der Waals surface area (Å²) in [4.78, 5) is 13.7. The van der Waals surface area contributed by atoms with Crippen LogP contribution in [0.3, 0.4) is 0 Å². The van der Waals surface area contributed by atoms with Gasteiger partial charge in [0.1, 0.15) is 0 Å². The van der Waals surface area contributed by atoms with Crippen LogP contribution in [0.5, 0.6) is 0 Å². The van der Waals surface area contributed by atoms with E-state index >= 15 is 0 Å². The van der Waals surface area contributed by atoms with Gasteiger partial charge in [0, 0.05) is 18.0 Å². The lowest BCUT2D eigenvalue weighted by atomic mass is 9.89. The molecule has 1 aliphatic rings. The standard InChI is InChI=1S/C6H10N4O/c1-6(4-9-10-7)2-3-8-5(6)11/h2-4H2,1H3,(H,8,11). The maximum absolute atomic E-state index is 11.1. The zero-order valence-corrected chi connectivity index (χ0v) is 6.37. The number of nitrogens with zero attached hydrogens (tertiary/aromatic N) is 3. The number of carbonyl (C=O) groups excluding carboxylic acids is 1. The van der Waals surface area contributed by atoms with E-state index < -0.39 is 5.41 Å². The predicted molar refractivity (Wildman–Crippen MR) is 39.7 cm³/mol. The van der Waals surface area contributed by atoms with E-state index in [0.29, 0.717) is 6.54 Å². The van der Waals surface area contributed by atoms with Crippen molar-refractivity contribution < 1.29 is 4.79 Å². The van der Waals surface area contributed by atoms with Gasteiger partial charge in [-0.3, -0.25) is 4.79 Å². The molecule has 0 aromatic rings. The number of azide groups is 1. The minimum atomic E-state index is -0.466. The Morgan fingerprint density at radius 2 is 2.64 bits per heavy atom. The Morgan fingerprint density at radius 1 is 1.91 bits per heavy atom. The summed E-state index contributed by atoms with van der Waals surface area (Å²) in [6.45, 7) is 2.76. The van der Waals surface area contributed by atoms with E-state index in [-0.39, 0.29) is 12.5 Å². The van der Waals surface area contributed by atoms with E-state index in [1.54, 1.807) is 0 Å². The zero-order chi connectivity index (χ0) is 8.32. The van der Waals surface area contributed by atoms with E-state index in [9.17, 15) is 4.79 Å². The Hall–Kier alpha value is -1.22. The van der Waals surface area contributed by atoms with Crippen molar-refractivity contribution in [2.24, 2.45) is 10.5 Å². The second-order valence-corrected chi connectivity index (χ2v) is 2.96. The third kappa shape index (κ3) is 1.43. The largest absolute Gasteiger partial charge is 0.356 e. The molecule has 1 heterocycles. The fourth-order valence-corrected chi connectivity index (χ4v) is 1.12. The molecule has 0 aromatic heterocycles. The molecule has 1 amide bonds. The SMILES string of the molecule is CC1(CN=[N+]=[N-])CCNC1=O. The van der Waals surface area contributed by atoms with Gasteiger partial charge >= 0.3 is 0 Å². The van der Waals surface area contributed by atoms with Crippen molar-refractivity contribution >= 4 is 5.91 Å². The monoisotopic (exact) mass is 154 g/mol. The molecule has 1 unspecified atom stereocenters. The molecule has 1 aliphatic heterocycles. The first-order valence-corrected chi connectivity index (χ1v) is 3.48. The summed E-state index contributed by atoms with van der Waals surface area (Å²) in [5.74, 6) is -0.00935. The van der Waals surface area contributed by atoms with Crippen molar-refractivity contribution in [3.05, 3.63) is 10.4 Å². The molecule has 0 saturated carbocycles. The lowest BCUT2D eigenvalue weighted by Gasteiger charge is -2.15. The van der Waals surface area contributed by atoms with Gasteiger partial charge in [-0.2, -0.15) is 0 Å². The van der Waals surface area contributed by atoms with Crippen LogP contribution < -0.4 is 5.32 Å². The van der Waals surface area contributed by atoms with Crippen molar-refractivity contribution in [2.75, 3.05) is 13.1 Å². The molecule has 60 valence electrons. The molecular weight excluding hydrogens is 144 g/mol. The number of carbonyl (C=O) groups is 1. The van der Waals surface area contributed by atoms with Crippen LogP contribution in [-0.4, -0.2) is 19.0 Å². The molecule has 1 rings (SSSR count). The van der Waals surface area contributed by atoms with Gasteiger partial charge < -0.3 is 5.32 Å². The molecule has 11 heavy (non-hydrogen) atoms. The maximum atomic E-state index is 11.1. The van der Waals surface area contributed by atoms with E-state index in [1.165, 1.54) is 0 Å². The van der Waals surface area contributed by atoms with Crippen LogP contribution in [0, 0.1) is 5.41 Å². The van der Waals surface area contributed by atoms with Gasteiger partial charge in [0.25, 0.3) is 0 Å². The summed E-state index contributed by atoms with van der Waals surface area (Å²) in [5, 5.41) is 6.09. The minimum Gasteiger partial charge on any atom is -0.356 e. The Bertz CT molecular complexity index is 221. The van der Waals surface area contributed by atoms with Gasteiger partial charge in [-0.05, 0) is 12.0 Å². The van der Waals surface area contributed by atoms with Gasteiger partial charge in [-0.25, -0.2) is 0 Å². The van der Waals surface area contributed by atoms with Crippen molar-refractivity contribution in [2.45, 2.75) is 13.3 Å². The maximum Gasteiger partial charge on any atom is 0.226 e. The lowest BCUT2D eigenvalue weighted by Crippen LogP contribution is -2.30. The average Bonchev–Trinajstić information content (AvgIpc) is 2.30. The molecule has 0 aromatic carbocycles. The molecule has 1 atom stereocenters. The summed E-state index contributed by atoms with van der Waals surface area (Å²) >= 11 is 0. The summed E-state index contributed by atoms with van der Waals surface area (Å²) in [6, 6.07) is 0. The number of amides is 1. The van der Waals surface area contributed by atoms with E-state index in [0.717, 1.165) is 6.42 Å². The van der Waals surface area contributed by atoms with Crippen molar-refractivity contribution in [3.63, 3.8) is 0 Å². The highest BCUT2D eigenvalue weighted by Crippen LogP contribution is 2.25. The van der Waals surface area contributed by atoms with Gasteiger partial charge in [0.2, 0.25) is 5.91 Å². The molecule has 5 nitrogen and oxygen atoms in total. The van der Waals surface area contributed by atoms with Crippen LogP contribution in [0.1, 0.15) is 13.3 Å². The summed E-state index contributed by atoms with van der Waals surface area (Å²) < 4.78 is 0. The molecular formula is C6H10N4O. The predicted octanol–water partition coefficient (Wildman–Crippen LogP) is 0.823. The van der Waals surface area contributed by atoms with Crippen LogP contribution in [0.25, 0.3) is 10.4 Å². The van der Waals surface area contributed by atoms with E-state index in [1.807, 2.05) is 6.92 Å². The van der Waals surface area contributed by atoms with Gasteiger partial charge in [0.05, 0.1) is 5.41 Å². The smallest absolute Gasteiger partial charge is 0.226 e. The van der Waals surface area contributed by atoms with Crippen molar-refractivity contribution in [3.8, 4) is 0 Å². The van der Waals surface area contributed by atoms with Crippen molar-refractivity contribution in [1.29, 1.82) is 0 Å². The molecule has 0 spiro atoms. The van der Waals surface area contributed by atoms with Crippen LogP contribution in [0.15, 0.2) is 5.11 Å². The first-order chi connectivity index (χ1) is 5.19. The first kappa shape index (κ1) is 7.88. The second-order valence-electron chi connectivity index (χ2n) is 2.96. The molecule has 1 fully saturated rings.